The van der Waals surface area contributed by atoms with Gasteiger partial charge in [-0.25, -0.2) is 0 Å². The van der Waals surface area contributed by atoms with E-state index in [0.29, 0.717) is 17.0 Å². The molecule has 3 N–H and O–H groups in total. The van der Waals surface area contributed by atoms with Gasteiger partial charge in [-0.1, -0.05) is 28.8 Å². The number of benzene rings is 1. The van der Waals surface area contributed by atoms with Crippen molar-refractivity contribution in [1.29, 1.82) is 0 Å². The van der Waals surface area contributed by atoms with Crippen LogP contribution in [0.4, 0.5) is 0 Å². The average molecular weight is 283 g/mol. The number of halogens is 3. The highest BCUT2D eigenvalue weighted by molar-refractivity contribution is 6.35. The molecule has 0 aliphatic carbocycles. The second-order valence-corrected chi connectivity index (χ2v) is 4.44. The van der Waals surface area contributed by atoms with Crippen molar-refractivity contribution in [2.24, 2.45) is 5.73 Å². The summed E-state index contributed by atoms with van der Waals surface area (Å²) in [5.74, 6) is -0.00480. The predicted molar refractivity (Wildman–Crippen MR) is 71.7 cm³/mol. The van der Waals surface area contributed by atoms with Crippen molar-refractivity contribution < 1.29 is 5.11 Å². The van der Waals surface area contributed by atoms with E-state index in [0.717, 1.165) is 5.57 Å². The first-order chi connectivity index (χ1) is 6.91. The summed E-state index contributed by atoms with van der Waals surface area (Å²) < 4.78 is 0. The topological polar surface area (TPSA) is 46.2 Å². The molecule has 1 atom stereocenters. The molecule has 0 heterocycles. The molecule has 0 amide bonds. The summed E-state index contributed by atoms with van der Waals surface area (Å²) >= 11 is 11.6. The summed E-state index contributed by atoms with van der Waals surface area (Å²) in [6.45, 7) is 5.65. The Bertz CT molecular complexity index is 393. The number of nitrogens with two attached hydrogens (primary N) is 1. The van der Waals surface area contributed by atoms with Gasteiger partial charge >= 0.3 is 0 Å². The normalized spacial score (nSPS) is 11.8. The monoisotopic (exact) mass is 281 g/mol. The Kier molecular flexibility index (Phi) is 6.19. The number of hydrogen-bond donors (Lipinski definition) is 2. The first-order valence-corrected chi connectivity index (χ1v) is 5.25. The van der Waals surface area contributed by atoms with E-state index >= 15 is 0 Å². The Morgan fingerprint density at radius 3 is 2.56 bits per heavy atom. The molecule has 5 heteroatoms. The van der Waals surface area contributed by atoms with Crippen LogP contribution in [0.3, 0.4) is 0 Å². The molecule has 1 aromatic rings. The maximum atomic E-state index is 9.71. The molecule has 0 aliphatic rings. The highest BCUT2D eigenvalue weighted by atomic mass is 35.5. The van der Waals surface area contributed by atoms with E-state index in [1.165, 1.54) is 6.07 Å². The van der Waals surface area contributed by atoms with Gasteiger partial charge in [0.15, 0.2) is 0 Å². The molecule has 1 rings (SSSR count). The summed E-state index contributed by atoms with van der Waals surface area (Å²) in [5.41, 5.74) is 7.39. The van der Waals surface area contributed by atoms with Crippen LogP contribution in [0, 0.1) is 0 Å². The first-order valence-electron chi connectivity index (χ1n) is 4.49. The number of hydrogen-bond acceptors (Lipinski definition) is 2. The molecular weight excluding hydrogens is 268 g/mol. The van der Waals surface area contributed by atoms with Crippen LogP contribution < -0.4 is 5.73 Å². The molecule has 0 fully saturated rings. The lowest BCUT2D eigenvalue weighted by Gasteiger charge is -2.14. The molecule has 90 valence electrons. The van der Waals surface area contributed by atoms with Crippen LogP contribution in [-0.2, 0) is 0 Å². The zero-order valence-electron chi connectivity index (χ0n) is 8.84. The van der Waals surface area contributed by atoms with Gasteiger partial charge in [0.25, 0.3) is 0 Å². The molecule has 0 aromatic heterocycles. The highest BCUT2D eigenvalue weighted by Gasteiger charge is 2.14. The number of aromatic hydroxyl groups is 1. The van der Waals surface area contributed by atoms with E-state index in [1.54, 1.807) is 6.07 Å². The minimum Gasteiger partial charge on any atom is -0.506 e. The third-order valence-corrected chi connectivity index (χ3v) is 2.53. The second-order valence-electron chi connectivity index (χ2n) is 3.59. The quantitative estimate of drug-likeness (QED) is 0.820. The van der Waals surface area contributed by atoms with Gasteiger partial charge in [0, 0.05) is 16.6 Å². The Morgan fingerprint density at radius 1 is 1.50 bits per heavy atom. The Labute approximate surface area is 111 Å². The van der Waals surface area contributed by atoms with Crippen LogP contribution in [0.5, 0.6) is 5.75 Å². The molecule has 1 aromatic carbocycles. The van der Waals surface area contributed by atoms with Gasteiger partial charge in [-0.05, 0) is 25.5 Å². The van der Waals surface area contributed by atoms with Crippen LogP contribution in [0.1, 0.15) is 24.9 Å². The third-order valence-electron chi connectivity index (χ3n) is 2.03. The van der Waals surface area contributed by atoms with Crippen molar-refractivity contribution in [1.82, 2.24) is 0 Å². The summed E-state index contributed by atoms with van der Waals surface area (Å²) in [7, 11) is 0. The first kappa shape index (κ1) is 15.6. The zero-order chi connectivity index (χ0) is 11.6. The van der Waals surface area contributed by atoms with Crippen molar-refractivity contribution in [2.75, 3.05) is 0 Å². The van der Waals surface area contributed by atoms with Gasteiger partial charge in [-0.15, -0.1) is 19.0 Å². The van der Waals surface area contributed by atoms with Gasteiger partial charge in [0.1, 0.15) is 5.75 Å². The van der Waals surface area contributed by atoms with Gasteiger partial charge in [-0.3, -0.25) is 0 Å². The minimum absolute atomic E-state index is 0. The molecule has 0 radical (unpaired) electrons. The van der Waals surface area contributed by atoms with Crippen LogP contribution in [0.2, 0.25) is 10.0 Å². The number of rotatable bonds is 3. The Balaban J connectivity index is 0.00000225. The summed E-state index contributed by atoms with van der Waals surface area (Å²) in [4.78, 5) is 0. The van der Waals surface area contributed by atoms with Crippen LogP contribution in [0.15, 0.2) is 24.3 Å². The van der Waals surface area contributed by atoms with Gasteiger partial charge in [0.2, 0.25) is 0 Å². The highest BCUT2D eigenvalue weighted by Crippen LogP contribution is 2.35. The summed E-state index contributed by atoms with van der Waals surface area (Å²) in [5, 5.41) is 10.4. The summed E-state index contributed by atoms with van der Waals surface area (Å²) in [6.07, 6.45) is 0.588. The molecule has 0 saturated carbocycles. The van der Waals surface area contributed by atoms with E-state index in [9.17, 15) is 5.11 Å². The summed E-state index contributed by atoms with van der Waals surface area (Å²) in [6, 6.07) is 2.77. The molecule has 0 saturated heterocycles. The van der Waals surface area contributed by atoms with Crippen molar-refractivity contribution in [3.8, 4) is 5.75 Å². The number of phenols is 1. The number of phenolic OH excluding ortho intramolecular Hbond substituents is 1. The molecule has 16 heavy (non-hydrogen) atoms. The molecule has 2 nitrogen and oxygen atoms in total. The second kappa shape index (κ2) is 6.36. The fraction of sp³-hybridized carbons (Fsp3) is 0.273. The van der Waals surface area contributed by atoms with E-state index in [1.807, 2.05) is 6.92 Å². The standard InChI is InChI=1S/C11H13Cl2NO.ClH/c1-6(2)3-10(14)8-4-7(12)5-9(13)11(8)15;/h4-5,10,15H,1,3,14H2,2H3;1H/t10-;/m1./s1. The third kappa shape index (κ3) is 3.87. The Hall–Kier alpha value is -0.410. The van der Waals surface area contributed by atoms with Crippen molar-refractivity contribution >= 4 is 35.6 Å². The van der Waals surface area contributed by atoms with Gasteiger partial charge < -0.3 is 10.8 Å². The SMILES string of the molecule is C=C(C)C[C@@H](N)c1cc(Cl)cc(Cl)c1O.Cl. The average Bonchev–Trinajstić information content (AvgIpc) is 2.09. The zero-order valence-corrected chi connectivity index (χ0v) is 11.2. The van der Waals surface area contributed by atoms with Crippen molar-refractivity contribution in [3.05, 3.63) is 39.9 Å². The lowest BCUT2D eigenvalue weighted by molar-refractivity contribution is 0.461. The predicted octanol–water partition coefficient (Wildman–Crippen LogP) is 4.09. The van der Waals surface area contributed by atoms with Crippen LogP contribution in [0.25, 0.3) is 0 Å². The van der Waals surface area contributed by atoms with Gasteiger partial charge in [-0.2, -0.15) is 0 Å². The van der Waals surface area contributed by atoms with Crippen LogP contribution >= 0.6 is 35.6 Å². The maximum Gasteiger partial charge on any atom is 0.139 e. The minimum atomic E-state index is -0.335. The smallest absolute Gasteiger partial charge is 0.139 e. The molecule has 0 bridgehead atoms. The van der Waals surface area contributed by atoms with Crippen LogP contribution in [-0.4, -0.2) is 5.11 Å². The van der Waals surface area contributed by atoms with E-state index in [4.69, 9.17) is 28.9 Å². The fourth-order valence-electron chi connectivity index (χ4n) is 1.35. The lowest BCUT2D eigenvalue weighted by atomic mass is 10.0. The van der Waals surface area contributed by atoms with Crippen molar-refractivity contribution in [3.63, 3.8) is 0 Å². The maximum absolute atomic E-state index is 9.71. The molecule has 0 spiro atoms. The van der Waals surface area contributed by atoms with E-state index in [-0.39, 0.29) is 29.2 Å². The fourth-order valence-corrected chi connectivity index (χ4v) is 1.86. The molecular formula is C11H14Cl3NO. The van der Waals surface area contributed by atoms with Crippen molar-refractivity contribution in [2.45, 2.75) is 19.4 Å². The largest absolute Gasteiger partial charge is 0.506 e. The van der Waals surface area contributed by atoms with Gasteiger partial charge in [0.05, 0.1) is 5.02 Å². The lowest BCUT2D eigenvalue weighted by Crippen LogP contribution is -2.10. The molecule has 0 unspecified atom stereocenters. The van der Waals surface area contributed by atoms with E-state index < -0.39 is 0 Å². The molecule has 0 aliphatic heterocycles. The Morgan fingerprint density at radius 2 is 2.06 bits per heavy atom. The van der Waals surface area contributed by atoms with E-state index in [2.05, 4.69) is 6.58 Å².